The van der Waals surface area contributed by atoms with Gasteiger partial charge < -0.3 is 14.5 Å². The van der Waals surface area contributed by atoms with Gasteiger partial charge in [0.2, 0.25) is 5.91 Å². The molecule has 0 aliphatic carbocycles. The summed E-state index contributed by atoms with van der Waals surface area (Å²) in [5.41, 5.74) is 1.14. The fraction of sp³-hybridized carbons (Fsp3) is 0.333. The van der Waals surface area contributed by atoms with Crippen molar-refractivity contribution in [2.75, 3.05) is 32.8 Å². The second kappa shape index (κ2) is 9.16. The highest BCUT2D eigenvalue weighted by Gasteiger charge is 2.24. The molecule has 0 atom stereocenters. The molecule has 1 aliphatic heterocycles. The second-order valence-corrected chi connectivity index (χ2v) is 6.47. The Hall–Kier alpha value is -2.89. The van der Waals surface area contributed by atoms with Gasteiger partial charge in [0.05, 0.1) is 0 Å². The van der Waals surface area contributed by atoms with E-state index in [1.807, 2.05) is 30.3 Å². The number of amides is 2. The average Bonchev–Trinajstić information content (AvgIpc) is 2.72. The monoisotopic (exact) mass is 370 g/mol. The number of halogens is 1. The van der Waals surface area contributed by atoms with Crippen LogP contribution in [-0.4, -0.2) is 54.4 Å². The molecule has 142 valence electrons. The summed E-state index contributed by atoms with van der Waals surface area (Å²) in [7, 11) is 0. The lowest BCUT2D eigenvalue weighted by Crippen LogP contribution is -2.51. The standard InChI is InChI=1S/C21H23FN2O3/c22-18-8-4-5-9-19(18)27-16-21(26)24-14-12-23(13-15-24)20(25)11-10-17-6-2-1-3-7-17/h1-9H,10-16H2. The van der Waals surface area contributed by atoms with E-state index in [9.17, 15) is 14.0 Å². The summed E-state index contributed by atoms with van der Waals surface area (Å²) >= 11 is 0. The topological polar surface area (TPSA) is 49.9 Å². The first kappa shape index (κ1) is 18.9. The van der Waals surface area contributed by atoms with Crippen molar-refractivity contribution in [2.45, 2.75) is 12.8 Å². The van der Waals surface area contributed by atoms with E-state index in [1.54, 1.807) is 21.9 Å². The summed E-state index contributed by atoms with van der Waals surface area (Å²) in [6.45, 7) is 1.76. The molecule has 0 aromatic heterocycles. The Labute approximate surface area is 158 Å². The van der Waals surface area contributed by atoms with Crippen molar-refractivity contribution < 1.29 is 18.7 Å². The number of piperazine rings is 1. The Morgan fingerprint density at radius 2 is 1.44 bits per heavy atom. The van der Waals surface area contributed by atoms with Crippen molar-refractivity contribution >= 4 is 11.8 Å². The number of ether oxygens (including phenoxy) is 1. The number of nitrogens with zero attached hydrogens (tertiary/aromatic N) is 2. The lowest BCUT2D eigenvalue weighted by atomic mass is 10.1. The molecule has 1 aliphatic rings. The Kier molecular flexibility index (Phi) is 6.41. The van der Waals surface area contributed by atoms with Crippen LogP contribution in [-0.2, 0) is 16.0 Å². The molecule has 0 radical (unpaired) electrons. The van der Waals surface area contributed by atoms with E-state index in [4.69, 9.17) is 4.74 Å². The Morgan fingerprint density at radius 3 is 2.11 bits per heavy atom. The number of benzene rings is 2. The molecule has 0 bridgehead atoms. The third kappa shape index (κ3) is 5.29. The van der Waals surface area contributed by atoms with E-state index in [1.165, 1.54) is 12.1 Å². The molecule has 1 fully saturated rings. The molecule has 5 nitrogen and oxygen atoms in total. The second-order valence-electron chi connectivity index (χ2n) is 6.47. The Morgan fingerprint density at radius 1 is 0.852 bits per heavy atom. The highest BCUT2D eigenvalue weighted by atomic mass is 19.1. The summed E-state index contributed by atoms with van der Waals surface area (Å²) in [4.78, 5) is 28.0. The fourth-order valence-electron chi connectivity index (χ4n) is 3.05. The quantitative estimate of drug-likeness (QED) is 0.785. The summed E-state index contributed by atoms with van der Waals surface area (Å²) in [5.74, 6) is -0.511. The van der Waals surface area contributed by atoms with Gasteiger partial charge in [-0.2, -0.15) is 0 Å². The zero-order chi connectivity index (χ0) is 19.1. The van der Waals surface area contributed by atoms with Crippen molar-refractivity contribution in [2.24, 2.45) is 0 Å². The van der Waals surface area contributed by atoms with E-state index >= 15 is 0 Å². The van der Waals surface area contributed by atoms with E-state index in [-0.39, 0.29) is 24.2 Å². The highest BCUT2D eigenvalue weighted by Crippen LogP contribution is 2.15. The fourth-order valence-corrected chi connectivity index (χ4v) is 3.05. The number of hydrogen-bond donors (Lipinski definition) is 0. The van der Waals surface area contributed by atoms with Gasteiger partial charge in [-0.25, -0.2) is 4.39 Å². The lowest BCUT2D eigenvalue weighted by molar-refractivity contribution is -0.140. The maximum atomic E-state index is 13.5. The minimum absolute atomic E-state index is 0.0700. The van der Waals surface area contributed by atoms with Crippen LogP contribution < -0.4 is 4.74 Å². The molecule has 0 spiro atoms. The van der Waals surface area contributed by atoms with Gasteiger partial charge in [0.1, 0.15) is 0 Å². The first-order valence-electron chi connectivity index (χ1n) is 9.10. The molecular formula is C21H23FN2O3. The van der Waals surface area contributed by atoms with Crippen molar-refractivity contribution in [1.29, 1.82) is 0 Å². The normalized spacial score (nSPS) is 14.1. The molecule has 0 saturated carbocycles. The molecule has 2 aromatic rings. The molecule has 27 heavy (non-hydrogen) atoms. The molecule has 2 aromatic carbocycles. The Balaban J connectivity index is 1.40. The van der Waals surface area contributed by atoms with Crippen LogP contribution in [0.15, 0.2) is 54.6 Å². The van der Waals surface area contributed by atoms with Crippen molar-refractivity contribution in [3.63, 3.8) is 0 Å². The number of carbonyl (C=O) groups excluding carboxylic acids is 2. The molecule has 1 saturated heterocycles. The van der Waals surface area contributed by atoms with Crippen molar-refractivity contribution in [3.05, 3.63) is 66.0 Å². The number of carbonyl (C=O) groups is 2. The smallest absolute Gasteiger partial charge is 0.260 e. The van der Waals surface area contributed by atoms with Gasteiger partial charge in [0.25, 0.3) is 5.91 Å². The molecule has 0 N–H and O–H groups in total. The van der Waals surface area contributed by atoms with Crippen LogP contribution in [0.5, 0.6) is 5.75 Å². The minimum atomic E-state index is -0.487. The lowest BCUT2D eigenvalue weighted by Gasteiger charge is -2.34. The number of para-hydroxylation sites is 1. The zero-order valence-corrected chi connectivity index (χ0v) is 15.1. The molecule has 1 heterocycles. The summed E-state index contributed by atoms with van der Waals surface area (Å²) in [6.07, 6.45) is 1.18. The first-order valence-corrected chi connectivity index (χ1v) is 9.10. The van der Waals surface area contributed by atoms with Gasteiger partial charge in [-0.1, -0.05) is 42.5 Å². The Bertz CT molecular complexity index is 774. The van der Waals surface area contributed by atoms with Gasteiger partial charge in [0.15, 0.2) is 18.2 Å². The highest BCUT2D eigenvalue weighted by molar-refractivity contribution is 5.79. The maximum absolute atomic E-state index is 13.5. The van der Waals surface area contributed by atoms with Gasteiger partial charge in [0, 0.05) is 32.6 Å². The van der Waals surface area contributed by atoms with Gasteiger partial charge in [-0.15, -0.1) is 0 Å². The molecular weight excluding hydrogens is 347 g/mol. The number of rotatable bonds is 6. The summed E-state index contributed by atoms with van der Waals surface area (Å²) < 4.78 is 18.8. The average molecular weight is 370 g/mol. The third-order valence-electron chi connectivity index (χ3n) is 4.64. The van der Waals surface area contributed by atoms with Crippen LogP contribution in [0.4, 0.5) is 4.39 Å². The minimum Gasteiger partial charge on any atom is -0.481 e. The van der Waals surface area contributed by atoms with Crippen LogP contribution >= 0.6 is 0 Å². The molecule has 2 amide bonds. The zero-order valence-electron chi connectivity index (χ0n) is 15.1. The van der Waals surface area contributed by atoms with E-state index < -0.39 is 5.82 Å². The van der Waals surface area contributed by atoms with Crippen LogP contribution in [0, 0.1) is 5.82 Å². The number of aryl methyl sites for hydroxylation is 1. The van der Waals surface area contributed by atoms with Crippen LogP contribution in [0.3, 0.4) is 0 Å². The van der Waals surface area contributed by atoms with Crippen molar-refractivity contribution in [3.8, 4) is 5.75 Å². The predicted octanol–water partition coefficient (Wildman–Crippen LogP) is 2.51. The molecule has 0 unspecified atom stereocenters. The third-order valence-corrected chi connectivity index (χ3v) is 4.64. The predicted molar refractivity (Wildman–Crippen MR) is 99.8 cm³/mol. The summed E-state index contributed by atoms with van der Waals surface area (Å²) in [6, 6.07) is 15.9. The van der Waals surface area contributed by atoms with Crippen LogP contribution in [0.2, 0.25) is 0 Å². The molecule has 6 heteroatoms. The van der Waals surface area contributed by atoms with Crippen molar-refractivity contribution in [1.82, 2.24) is 9.80 Å². The van der Waals surface area contributed by atoms with E-state index in [2.05, 4.69) is 0 Å². The van der Waals surface area contributed by atoms with Crippen LogP contribution in [0.1, 0.15) is 12.0 Å². The SMILES string of the molecule is O=C(CCc1ccccc1)N1CCN(C(=O)COc2ccccc2F)CC1. The van der Waals surface area contributed by atoms with Gasteiger partial charge >= 0.3 is 0 Å². The maximum Gasteiger partial charge on any atom is 0.260 e. The van der Waals surface area contributed by atoms with Crippen LogP contribution in [0.25, 0.3) is 0 Å². The van der Waals surface area contributed by atoms with E-state index in [0.29, 0.717) is 32.6 Å². The number of hydrogen-bond acceptors (Lipinski definition) is 3. The van der Waals surface area contributed by atoms with Gasteiger partial charge in [-0.05, 0) is 24.1 Å². The first-order chi connectivity index (χ1) is 13.1. The van der Waals surface area contributed by atoms with E-state index in [0.717, 1.165) is 12.0 Å². The molecule has 3 rings (SSSR count). The van der Waals surface area contributed by atoms with Gasteiger partial charge in [-0.3, -0.25) is 9.59 Å². The summed E-state index contributed by atoms with van der Waals surface area (Å²) in [5, 5.41) is 0. The largest absolute Gasteiger partial charge is 0.481 e.